The molecule has 0 radical (unpaired) electrons. The van der Waals surface area contributed by atoms with E-state index in [0.29, 0.717) is 11.6 Å². The van der Waals surface area contributed by atoms with E-state index in [1.165, 1.54) is 5.56 Å². The predicted molar refractivity (Wildman–Crippen MR) is 92.0 cm³/mol. The molecule has 1 amide bonds. The van der Waals surface area contributed by atoms with E-state index in [1.807, 2.05) is 24.8 Å². The van der Waals surface area contributed by atoms with E-state index in [9.17, 15) is 4.79 Å². The number of fused-ring (bicyclic) bond motifs is 1. The summed E-state index contributed by atoms with van der Waals surface area (Å²) >= 11 is 1.68. The van der Waals surface area contributed by atoms with Gasteiger partial charge in [-0.15, -0.1) is 5.10 Å². The first-order chi connectivity index (χ1) is 11.6. The Morgan fingerprint density at radius 1 is 1.38 bits per heavy atom. The number of thiophene rings is 1. The summed E-state index contributed by atoms with van der Waals surface area (Å²) in [6.45, 7) is 4.71. The third-order valence-electron chi connectivity index (χ3n) is 4.47. The van der Waals surface area contributed by atoms with Crippen LogP contribution in [0.4, 0.5) is 0 Å². The van der Waals surface area contributed by atoms with Gasteiger partial charge in [0.05, 0.1) is 12.5 Å². The van der Waals surface area contributed by atoms with Crippen molar-refractivity contribution in [3.05, 3.63) is 45.7 Å². The summed E-state index contributed by atoms with van der Waals surface area (Å²) in [6.07, 6.45) is 2.30. The van der Waals surface area contributed by atoms with Crippen molar-refractivity contribution in [3.63, 3.8) is 0 Å². The molecule has 1 saturated heterocycles. The van der Waals surface area contributed by atoms with E-state index < -0.39 is 0 Å². The molecule has 6 nitrogen and oxygen atoms in total. The molecule has 3 aromatic heterocycles. The predicted octanol–water partition coefficient (Wildman–Crippen LogP) is 2.71. The summed E-state index contributed by atoms with van der Waals surface area (Å²) in [7, 11) is 0. The molecule has 4 rings (SSSR count). The van der Waals surface area contributed by atoms with Crippen molar-refractivity contribution in [3.8, 4) is 0 Å². The Balaban J connectivity index is 1.56. The maximum atomic E-state index is 12.8. The molecule has 0 unspecified atom stereocenters. The lowest BCUT2D eigenvalue weighted by Gasteiger charge is -2.23. The second-order valence-corrected chi connectivity index (χ2v) is 7.04. The molecular weight excluding hydrogens is 322 g/mol. The first-order valence-corrected chi connectivity index (χ1v) is 9.07. The largest absolute Gasteiger partial charge is 0.335 e. The van der Waals surface area contributed by atoms with Crippen LogP contribution < -0.4 is 0 Å². The number of hydrogen-bond acceptors (Lipinski definition) is 5. The molecule has 7 heteroatoms. The van der Waals surface area contributed by atoms with Gasteiger partial charge in [0.2, 0.25) is 5.91 Å². The van der Waals surface area contributed by atoms with E-state index in [0.717, 1.165) is 30.8 Å². The van der Waals surface area contributed by atoms with Crippen molar-refractivity contribution >= 4 is 23.0 Å². The molecule has 0 saturated carbocycles. The average Bonchev–Trinajstić information content (AvgIpc) is 3.26. The minimum Gasteiger partial charge on any atom is -0.335 e. The van der Waals surface area contributed by atoms with Gasteiger partial charge in [-0.05, 0) is 55.1 Å². The Bertz CT molecular complexity index is 886. The van der Waals surface area contributed by atoms with Crippen LogP contribution in [0.1, 0.15) is 41.7 Å². The first kappa shape index (κ1) is 15.3. The minimum absolute atomic E-state index is 0.0916. The molecule has 1 aliphatic heterocycles. The van der Waals surface area contributed by atoms with E-state index in [-0.39, 0.29) is 18.4 Å². The normalized spacial score (nSPS) is 17.8. The van der Waals surface area contributed by atoms with Gasteiger partial charge in [0.25, 0.3) is 5.78 Å². The molecule has 1 aliphatic rings. The topological polar surface area (TPSA) is 63.4 Å². The Hall–Kier alpha value is -2.28. The molecule has 3 aromatic rings. The number of carbonyl (C=O) groups is 1. The van der Waals surface area contributed by atoms with Crippen LogP contribution in [-0.2, 0) is 11.2 Å². The van der Waals surface area contributed by atoms with Gasteiger partial charge in [0, 0.05) is 17.9 Å². The van der Waals surface area contributed by atoms with Gasteiger partial charge in [0.15, 0.2) is 5.82 Å². The van der Waals surface area contributed by atoms with Gasteiger partial charge in [-0.2, -0.15) is 16.3 Å². The van der Waals surface area contributed by atoms with Crippen LogP contribution in [0.5, 0.6) is 0 Å². The summed E-state index contributed by atoms with van der Waals surface area (Å²) in [5.41, 5.74) is 3.12. The third kappa shape index (κ3) is 2.69. The maximum absolute atomic E-state index is 12.8. The van der Waals surface area contributed by atoms with Crippen LogP contribution in [0.25, 0.3) is 5.78 Å². The molecule has 4 heterocycles. The zero-order valence-corrected chi connectivity index (χ0v) is 14.6. The standard InChI is InChI=1S/C17H19N5OS/c1-11-8-12(2)22-17(18-11)19-15(20-22)9-16(23)21-6-3-4-14(21)13-5-7-24-10-13/h5,7-8,10,14H,3-4,6,9H2,1-2H3/t14-/m1/s1. The van der Waals surface area contributed by atoms with E-state index in [4.69, 9.17) is 0 Å². The Labute approximate surface area is 144 Å². The molecular formula is C17H19N5OS. The van der Waals surface area contributed by atoms with Crippen LogP contribution in [0.2, 0.25) is 0 Å². The van der Waals surface area contributed by atoms with Crippen LogP contribution in [0.15, 0.2) is 22.9 Å². The Morgan fingerprint density at radius 2 is 2.25 bits per heavy atom. The quantitative estimate of drug-likeness (QED) is 0.735. The van der Waals surface area contributed by atoms with Gasteiger partial charge in [-0.3, -0.25) is 4.79 Å². The number of rotatable bonds is 3. The smallest absolute Gasteiger partial charge is 0.252 e. The van der Waals surface area contributed by atoms with Crippen molar-refractivity contribution in [1.82, 2.24) is 24.5 Å². The van der Waals surface area contributed by atoms with E-state index in [1.54, 1.807) is 15.9 Å². The zero-order valence-electron chi connectivity index (χ0n) is 13.8. The minimum atomic E-state index is 0.0916. The molecule has 1 fully saturated rings. The summed E-state index contributed by atoms with van der Waals surface area (Å²) < 4.78 is 1.70. The van der Waals surface area contributed by atoms with E-state index >= 15 is 0 Å². The van der Waals surface area contributed by atoms with Crippen LogP contribution in [-0.4, -0.2) is 36.9 Å². The molecule has 0 bridgehead atoms. The highest BCUT2D eigenvalue weighted by atomic mass is 32.1. The summed E-state index contributed by atoms with van der Waals surface area (Å²) in [5.74, 6) is 1.19. The Morgan fingerprint density at radius 3 is 3.04 bits per heavy atom. The van der Waals surface area contributed by atoms with Gasteiger partial charge >= 0.3 is 0 Å². The number of carbonyl (C=O) groups excluding carboxylic acids is 1. The first-order valence-electron chi connectivity index (χ1n) is 8.13. The number of likely N-dealkylation sites (tertiary alicyclic amines) is 1. The lowest BCUT2D eigenvalue weighted by atomic mass is 10.1. The van der Waals surface area contributed by atoms with Crippen LogP contribution in [0, 0.1) is 13.8 Å². The second-order valence-electron chi connectivity index (χ2n) is 6.26. The number of nitrogens with zero attached hydrogens (tertiary/aromatic N) is 5. The van der Waals surface area contributed by atoms with Crippen LogP contribution >= 0.6 is 11.3 Å². The third-order valence-corrected chi connectivity index (χ3v) is 5.17. The number of aryl methyl sites for hydroxylation is 2. The van der Waals surface area contributed by atoms with Gasteiger partial charge in [-0.25, -0.2) is 9.50 Å². The van der Waals surface area contributed by atoms with Crippen molar-refractivity contribution in [2.45, 2.75) is 39.2 Å². The van der Waals surface area contributed by atoms with Crippen molar-refractivity contribution in [1.29, 1.82) is 0 Å². The molecule has 0 aromatic carbocycles. The average molecular weight is 341 g/mol. The van der Waals surface area contributed by atoms with Crippen molar-refractivity contribution in [2.75, 3.05) is 6.54 Å². The Kier molecular flexibility index (Phi) is 3.80. The van der Waals surface area contributed by atoms with E-state index in [2.05, 4.69) is 31.9 Å². The zero-order chi connectivity index (χ0) is 16.7. The summed E-state index contributed by atoms with van der Waals surface area (Å²) in [6, 6.07) is 4.27. The highest BCUT2D eigenvalue weighted by molar-refractivity contribution is 7.07. The summed E-state index contributed by atoms with van der Waals surface area (Å²) in [5, 5.41) is 8.65. The number of aromatic nitrogens is 4. The highest BCUT2D eigenvalue weighted by Crippen LogP contribution is 2.33. The molecule has 24 heavy (non-hydrogen) atoms. The van der Waals surface area contributed by atoms with Crippen molar-refractivity contribution in [2.24, 2.45) is 0 Å². The van der Waals surface area contributed by atoms with Gasteiger partial charge in [0.1, 0.15) is 0 Å². The fourth-order valence-corrected chi connectivity index (χ4v) is 4.10. The number of amides is 1. The SMILES string of the molecule is Cc1cc(C)n2nc(CC(=O)N3CCC[C@@H]3c3ccsc3)nc2n1. The monoisotopic (exact) mass is 341 g/mol. The molecule has 0 spiro atoms. The summed E-state index contributed by atoms with van der Waals surface area (Å²) in [4.78, 5) is 23.6. The van der Waals surface area contributed by atoms with Gasteiger partial charge < -0.3 is 4.90 Å². The molecule has 0 N–H and O–H groups in total. The second kappa shape index (κ2) is 5.98. The molecule has 1 atom stereocenters. The van der Waals surface area contributed by atoms with Crippen LogP contribution in [0.3, 0.4) is 0 Å². The maximum Gasteiger partial charge on any atom is 0.252 e. The lowest BCUT2D eigenvalue weighted by Crippen LogP contribution is -2.32. The fraction of sp³-hybridized carbons (Fsp3) is 0.412. The molecule has 0 aliphatic carbocycles. The van der Waals surface area contributed by atoms with Crippen molar-refractivity contribution < 1.29 is 4.79 Å². The fourth-order valence-electron chi connectivity index (χ4n) is 3.40. The lowest BCUT2D eigenvalue weighted by molar-refractivity contribution is -0.131. The van der Waals surface area contributed by atoms with Gasteiger partial charge in [-0.1, -0.05) is 0 Å². The highest BCUT2D eigenvalue weighted by Gasteiger charge is 2.30. The molecule has 124 valence electrons. The number of hydrogen-bond donors (Lipinski definition) is 0.